The lowest BCUT2D eigenvalue weighted by atomic mass is 10.1. The first-order chi connectivity index (χ1) is 10.7. The Morgan fingerprint density at radius 1 is 1.36 bits per heavy atom. The van der Waals surface area contributed by atoms with Gasteiger partial charge in [0, 0.05) is 24.1 Å². The van der Waals surface area contributed by atoms with E-state index in [-0.39, 0.29) is 5.91 Å². The third-order valence-corrected chi connectivity index (χ3v) is 3.11. The molecular formula is C16H21N3O3. The summed E-state index contributed by atoms with van der Waals surface area (Å²) in [6, 6.07) is 9.43. The van der Waals surface area contributed by atoms with Gasteiger partial charge in [0.05, 0.1) is 18.9 Å². The van der Waals surface area contributed by atoms with Crippen LogP contribution in [0.15, 0.2) is 36.5 Å². The minimum atomic E-state index is -0.531. The molecule has 1 amide bonds. The third-order valence-electron chi connectivity index (χ3n) is 3.11. The highest BCUT2D eigenvalue weighted by Gasteiger charge is 2.13. The fourth-order valence-electron chi connectivity index (χ4n) is 1.93. The maximum absolute atomic E-state index is 12.1. The van der Waals surface area contributed by atoms with Crippen molar-refractivity contribution in [1.29, 1.82) is 0 Å². The molecule has 0 saturated heterocycles. The highest BCUT2D eigenvalue weighted by molar-refractivity contribution is 5.94. The van der Waals surface area contributed by atoms with E-state index in [4.69, 9.17) is 9.47 Å². The van der Waals surface area contributed by atoms with Gasteiger partial charge in [0.1, 0.15) is 6.10 Å². The molecule has 118 valence electrons. The number of nitrogens with zero attached hydrogens (tertiary/aromatic N) is 1. The Hall–Kier alpha value is -2.18. The third kappa shape index (κ3) is 4.68. The molecule has 1 atom stereocenters. The number of hydrogen-bond acceptors (Lipinski definition) is 4. The molecule has 0 fully saturated rings. The van der Waals surface area contributed by atoms with E-state index >= 15 is 0 Å². The summed E-state index contributed by atoms with van der Waals surface area (Å²) in [5.41, 5.74) is 2.58. The smallest absolute Gasteiger partial charge is 0.253 e. The fraction of sp³-hybridized carbons (Fsp3) is 0.375. The van der Waals surface area contributed by atoms with Crippen LogP contribution in [-0.2, 0) is 14.3 Å². The lowest BCUT2D eigenvalue weighted by Crippen LogP contribution is -2.28. The normalized spacial score (nSPS) is 12.1. The summed E-state index contributed by atoms with van der Waals surface area (Å²) < 4.78 is 10.6. The second-order valence-corrected chi connectivity index (χ2v) is 4.75. The Bertz CT molecular complexity index is 584. The quantitative estimate of drug-likeness (QED) is 0.734. The molecule has 0 saturated carbocycles. The molecular weight excluding hydrogens is 282 g/mol. The van der Waals surface area contributed by atoms with E-state index in [1.54, 1.807) is 13.1 Å². The molecule has 0 aliphatic rings. The number of benzene rings is 1. The number of nitrogens with one attached hydrogen (secondary N) is 2. The summed E-state index contributed by atoms with van der Waals surface area (Å²) in [6.07, 6.45) is 1.16. The standard InChI is InChI=1S/C16H21N3O3/c1-3-21-9-10-22-12(2)16(20)18-14-6-4-5-13(11-14)15-7-8-17-19-15/h4-8,11-12H,3,9-10H2,1-2H3,(H,17,19)(H,18,20)/t12-/m1/s1. The largest absolute Gasteiger partial charge is 0.379 e. The van der Waals surface area contributed by atoms with Crippen molar-refractivity contribution >= 4 is 11.6 Å². The highest BCUT2D eigenvalue weighted by Crippen LogP contribution is 2.20. The van der Waals surface area contributed by atoms with E-state index in [1.807, 2.05) is 37.3 Å². The molecule has 1 heterocycles. The number of hydrogen-bond donors (Lipinski definition) is 2. The van der Waals surface area contributed by atoms with Crippen LogP contribution in [0.4, 0.5) is 5.69 Å². The second kappa shape index (κ2) is 8.31. The van der Waals surface area contributed by atoms with Crippen LogP contribution in [-0.4, -0.2) is 42.0 Å². The van der Waals surface area contributed by atoms with Crippen LogP contribution in [0.3, 0.4) is 0 Å². The van der Waals surface area contributed by atoms with Gasteiger partial charge in [0.15, 0.2) is 0 Å². The van der Waals surface area contributed by atoms with Crippen LogP contribution < -0.4 is 5.32 Å². The molecule has 22 heavy (non-hydrogen) atoms. The number of ether oxygens (including phenoxy) is 2. The zero-order chi connectivity index (χ0) is 15.8. The van der Waals surface area contributed by atoms with Gasteiger partial charge in [0.25, 0.3) is 5.91 Å². The van der Waals surface area contributed by atoms with Gasteiger partial charge in [-0.2, -0.15) is 5.10 Å². The van der Waals surface area contributed by atoms with Crippen molar-refractivity contribution in [1.82, 2.24) is 10.2 Å². The van der Waals surface area contributed by atoms with Crippen molar-refractivity contribution in [3.63, 3.8) is 0 Å². The molecule has 0 unspecified atom stereocenters. The lowest BCUT2D eigenvalue weighted by Gasteiger charge is -2.13. The van der Waals surface area contributed by atoms with Crippen molar-refractivity contribution < 1.29 is 14.3 Å². The minimum absolute atomic E-state index is 0.182. The Labute approximate surface area is 129 Å². The van der Waals surface area contributed by atoms with Gasteiger partial charge in [-0.25, -0.2) is 0 Å². The monoisotopic (exact) mass is 303 g/mol. The Kier molecular flexibility index (Phi) is 6.12. The summed E-state index contributed by atoms with van der Waals surface area (Å²) in [7, 11) is 0. The fourth-order valence-corrected chi connectivity index (χ4v) is 1.93. The van der Waals surface area contributed by atoms with Gasteiger partial charge in [-0.05, 0) is 32.0 Å². The number of carbonyl (C=O) groups excluding carboxylic acids is 1. The Balaban J connectivity index is 1.90. The van der Waals surface area contributed by atoms with E-state index in [0.29, 0.717) is 19.8 Å². The number of H-pyrrole nitrogens is 1. The number of aromatic nitrogens is 2. The molecule has 0 aliphatic carbocycles. The van der Waals surface area contributed by atoms with Gasteiger partial charge in [-0.15, -0.1) is 0 Å². The van der Waals surface area contributed by atoms with Crippen LogP contribution in [0, 0.1) is 0 Å². The SMILES string of the molecule is CCOCCO[C@H](C)C(=O)Nc1cccc(-c2ccn[nH]2)c1. The van der Waals surface area contributed by atoms with Crippen molar-refractivity contribution in [2.24, 2.45) is 0 Å². The van der Waals surface area contributed by atoms with E-state index in [9.17, 15) is 4.79 Å². The predicted molar refractivity (Wildman–Crippen MR) is 84.6 cm³/mol. The number of aromatic amines is 1. The van der Waals surface area contributed by atoms with Crippen molar-refractivity contribution in [2.45, 2.75) is 20.0 Å². The topological polar surface area (TPSA) is 76.2 Å². The molecule has 2 aromatic rings. The van der Waals surface area contributed by atoms with Gasteiger partial charge in [-0.3, -0.25) is 9.89 Å². The molecule has 0 spiro atoms. The van der Waals surface area contributed by atoms with Gasteiger partial charge < -0.3 is 14.8 Å². The average Bonchev–Trinajstić information content (AvgIpc) is 3.06. The van der Waals surface area contributed by atoms with Crippen molar-refractivity contribution in [2.75, 3.05) is 25.1 Å². The van der Waals surface area contributed by atoms with Crippen molar-refractivity contribution in [3.8, 4) is 11.3 Å². The molecule has 6 heteroatoms. The van der Waals surface area contributed by atoms with Crippen LogP contribution in [0.5, 0.6) is 0 Å². The zero-order valence-corrected chi connectivity index (χ0v) is 12.8. The molecule has 0 radical (unpaired) electrons. The number of rotatable bonds is 8. The number of anilines is 1. The van der Waals surface area contributed by atoms with Crippen LogP contribution in [0.2, 0.25) is 0 Å². The van der Waals surface area contributed by atoms with E-state index < -0.39 is 6.10 Å². The van der Waals surface area contributed by atoms with E-state index in [0.717, 1.165) is 16.9 Å². The zero-order valence-electron chi connectivity index (χ0n) is 12.8. The van der Waals surface area contributed by atoms with Crippen LogP contribution >= 0.6 is 0 Å². The van der Waals surface area contributed by atoms with Crippen molar-refractivity contribution in [3.05, 3.63) is 36.5 Å². The molecule has 0 aliphatic heterocycles. The molecule has 0 bridgehead atoms. The van der Waals surface area contributed by atoms with Gasteiger partial charge >= 0.3 is 0 Å². The molecule has 2 rings (SSSR count). The maximum Gasteiger partial charge on any atom is 0.253 e. The summed E-state index contributed by atoms with van der Waals surface area (Å²) in [5.74, 6) is -0.182. The average molecular weight is 303 g/mol. The summed E-state index contributed by atoms with van der Waals surface area (Å²) >= 11 is 0. The highest BCUT2D eigenvalue weighted by atomic mass is 16.5. The van der Waals surface area contributed by atoms with Crippen LogP contribution in [0.1, 0.15) is 13.8 Å². The van der Waals surface area contributed by atoms with E-state index in [1.165, 1.54) is 0 Å². The first kappa shape index (κ1) is 16.2. The molecule has 2 N–H and O–H groups in total. The number of amides is 1. The van der Waals surface area contributed by atoms with E-state index in [2.05, 4.69) is 15.5 Å². The first-order valence-electron chi connectivity index (χ1n) is 7.30. The summed E-state index contributed by atoms with van der Waals surface area (Å²) in [5, 5.41) is 9.66. The van der Waals surface area contributed by atoms with Gasteiger partial charge in [-0.1, -0.05) is 12.1 Å². The maximum atomic E-state index is 12.1. The summed E-state index contributed by atoms with van der Waals surface area (Å²) in [4.78, 5) is 12.1. The molecule has 6 nitrogen and oxygen atoms in total. The second-order valence-electron chi connectivity index (χ2n) is 4.75. The lowest BCUT2D eigenvalue weighted by molar-refractivity contribution is -0.127. The Morgan fingerprint density at radius 2 is 2.23 bits per heavy atom. The predicted octanol–water partition coefficient (Wildman–Crippen LogP) is 2.46. The first-order valence-corrected chi connectivity index (χ1v) is 7.30. The van der Waals surface area contributed by atoms with Crippen LogP contribution in [0.25, 0.3) is 11.3 Å². The minimum Gasteiger partial charge on any atom is -0.379 e. The molecule has 1 aromatic carbocycles. The Morgan fingerprint density at radius 3 is 2.95 bits per heavy atom. The summed E-state index contributed by atoms with van der Waals surface area (Å²) in [6.45, 7) is 5.17. The molecule has 1 aromatic heterocycles. The number of carbonyl (C=O) groups is 1. The van der Waals surface area contributed by atoms with Gasteiger partial charge in [0.2, 0.25) is 0 Å².